The first-order valence-corrected chi connectivity index (χ1v) is 5.89. The molecule has 0 aliphatic heterocycles. The summed E-state index contributed by atoms with van der Waals surface area (Å²) in [5.74, 6) is 0.680. The Labute approximate surface area is 92.2 Å². The number of nitrogens with two attached hydrogens (primary N) is 1. The van der Waals surface area contributed by atoms with Crippen LogP contribution in [0.5, 0.6) is 0 Å². The van der Waals surface area contributed by atoms with Gasteiger partial charge in [0, 0.05) is 26.2 Å². The first kappa shape index (κ1) is 12.3. The number of guanidine groups is 1. The highest BCUT2D eigenvalue weighted by Crippen LogP contribution is 2.24. The van der Waals surface area contributed by atoms with E-state index in [1.807, 2.05) is 7.05 Å². The first-order valence-electron chi connectivity index (χ1n) is 5.89. The number of aliphatic hydroxyl groups is 1. The van der Waals surface area contributed by atoms with Crippen molar-refractivity contribution in [2.75, 3.05) is 20.2 Å². The third-order valence-electron chi connectivity index (χ3n) is 2.80. The number of hydrogen-bond donors (Lipinski definition) is 2. The maximum absolute atomic E-state index is 8.60. The van der Waals surface area contributed by atoms with E-state index in [0.717, 1.165) is 32.2 Å². The van der Waals surface area contributed by atoms with Gasteiger partial charge in [-0.15, -0.1) is 0 Å². The third kappa shape index (κ3) is 5.02. The van der Waals surface area contributed by atoms with Gasteiger partial charge in [-0.05, 0) is 25.7 Å². The van der Waals surface area contributed by atoms with Crippen molar-refractivity contribution in [2.24, 2.45) is 10.7 Å². The fraction of sp³-hybridized carbons (Fsp3) is 0.909. The fourth-order valence-corrected chi connectivity index (χ4v) is 1.53. The Morgan fingerprint density at radius 3 is 2.60 bits per heavy atom. The summed E-state index contributed by atoms with van der Waals surface area (Å²) in [6.07, 6.45) is 6.70. The normalized spacial score (nSPS) is 16.8. The average Bonchev–Trinajstić information content (AvgIpc) is 3.05. The zero-order valence-corrected chi connectivity index (χ0v) is 9.65. The minimum atomic E-state index is 0.301. The zero-order chi connectivity index (χ0) is 11.1. The molecule has 0 aromatic heterocycles. The van der Waals surface area contributed by atoms with E-state index >= 15 is 0 Å². The Kier molecular flexibility index (Phi) is 5.47. The third-order valence-corrected chi connectivity index (χ3v) is 2.80. The molecule has 1 fully saturated rings. The van der Waals surface area contributed by atoms with Crippen molar-refractivity contribution in [2.45, 2.75) is 44.6 Å². The van der Waals surface area contributed by atoms with Gasteiger partial charge in [-0.25, -0.2) is 0 Å². The number of aliphatic imine (C=N–C) groups is 1. The van der Waals surface area contributed by atoms with Crippen LogP contribution >= 0.6 is 0 Å². The van der Waals surface area contributed by atoms with Gasteiger partial charge in [0.1, 0.15) is 0 Å². The molecule has 0 amide bonds. The predicted octanol–water partition coefficient (Wildman–Crippen LogP) is 0.948. The first-order chi connectivity index (χ1) is 7.25. The molecule has 0 atom stereocenters. The summed E-state index contributed by atoms with van der Waals surface area (Å²) < 4.78 is 0. The van der Waals surface area contributed by atoms with Crippen molar-refractivity contribution in [1.29, 1.82) is 0 Å². The van der Waals surface area contributed by atoms with Crippen LogP contribution in [-0.2, 0) is 0 Å². The van der Waals surface area contributed by atoms with Gasteiger partial charge in [-0.2, -0.15) is 0 Å². The minimum Gasteiger partial charge on any atom is -0.396 e. The standard InChI is InChI=1S/C11H23N3O/c1-14(10-6-7-10)11(12)13-8-4-2-3-5-9-15/h10,15H,2-9H2,1H3,(H2,12,13). The van der Waals surface area contributed by atoms with Gasteiger partial charge in [0.25, 0.3) is 0 Å². The molecule has 0 saturated heterocycles. The van der Waals surface area contributed by atoms with Gasteiger partial charge in [0.05, 0.1) is 0 Å². The molecule has 1 rings (SSSR count). The topological polar surface area (TPSA) is 61.8 Å². The second kappa shape index (κ2) is 6.67. The smallest absolute Gasteiger partial charge is 0.191 e. The molecule has 0 heterocycles. The van der Waals surface area contributed by atoms with Gasteiger partial charge < -0.3 is 15.7 Å². The van der Waals surface area contributed by atoms with Gasteiger partial charge in [0.2, 0.25) is 0 Å². The van der Waals surface area contributed by atoms with E-state index in [1.54, 1.807) is 0 Å². The largest absolute Gasteiger partial charge is 0.396 e. The minimum absolute atomic E-state index is 0.301. The molecule has 0 aromatic carbocycles. The monoisotopic (exact) mass is 213 g/mol. The van der Waals surface area contributed by atoms with E-state index in [9.17, 15) is 0 Å². The summed E-state index contributed by atoms with van der Waals surface area (Å²) in [4.78, 5) is 6.42. The van der Waals surface area contributed by atoms with Crippen LogP contribution in [0.2, 0.25) is 0 Å². The molecule has 15 heavy (non-hydrogen) atoms. The van der Waals surface area contributed by atoms with Crippen molar-refractivity contribution in [3.05, 3.63) is 0 Å². The molecule has 88 valence electrons. The lowest BCUT2D eigenvalue weighted by atomic mass is 10.2. The second-order valence-electron chi connectivity index (χ2n) is 4.22. The van der Waals surface area contributed by atoms with Crippen LogP contribution in [-0.4, -0.2) is 42.2 Å². The summed E-state index contributed by atoms with van der Waals surface area (Å²) >= 11 is 0. The van der Waals surface area contributed by atoms with E-state index in [0.29, 0.717) is 18.6 Å². The van der Waals surface area contributed by atoms with Gasteiger partial charge >= 0.3 is 0 Å². The van der Waals surface area contributed by atoms with Crippen LogP contribution < -0.4 is 5.73 Å². The maximum Gasteiger partial charge on any atom is 0.191 e. The van der Waals surface area contributed by atoms with Gasteiger partial charge in [-0.1, -0.05) is 12.8 Å². The van der Waals surface area contributed by atoms with Crippen LogP contribution in [0.3, 0.4) is 0 Å². The second-order valence-corrected chi connectivity index (χ2v) is 4.22. The molecule has 0 bridgehead atoms. The molecule has 1 aliphatic rings. The van der Waals surface area contributed by atoms with E-state index in [4.69, 9.17) is 10.8 Å². The van der Waals surface area contributed by atoms with E-state index in [1.165, 1.54) is 12.8 Å². The fourth-order valence-electron chi connectivity index (χ4n) is 1.53. The highest BCUT2D eigenvalue weighted by Gasteiger charge is 2.27. The van der Waals surface area contributed by atoms with E-state index in [-0.39, 0.29) is 0 Å². The summed E-state index contributed by atoms with van der Waals surface area (Å²) in [5.41, 5.74) is 5.83. The van der Waals surface area contributed by atoms with Gasteiger partial charge in [-0.3, -0.25) is 4.99 Å². The predicted molar refractivity (Wildman–Crippen MR) is 62.8 cm³/mol. The molecule has 4 nitrogen and oxygen atoms in total. The molecule has 0 radical (unpaired) electrons. The summed E-state index contributed by atoms with van der Waals surface area (Å²) in [5, 5.41) is 8.60. The molecule has 3 N–H and O–H groups in total. The Morgan fingerprint density at radius 2 is 2.00 bits per heavy atom. The number of aliphatic hydroxyl groups excluding tert-OH is 1. The molecule has 0 aromatic rings. The Hall–Kier alpha value is -0.770. The summed E-state index contributed by atoms with van der Waals surface area (Å²) in [7, 11) is 2.02. The van der Waals surface area contributed by atoms with Crippen LogP contribution in [0.15, 0.2) is 4.99 Å². The molecular formula is C11H23N3O. The highest BCUT2D eigenvalue weighted by atomic mass is 16.2. The van der Waals surface area contributed by atoms with E-state index < -0.39 is 0 Å². The molecule has 1 saturated carbocycles. The van der Waals surface area contributed by atoms with Gasteiger partial charge in [0.15, 0.2) is 5.96 Å². The van der Waals surface area contributed by atoms with E-state index in [2.05, 4.69) is 9.89 Å². The number of rotatable bonds is 7. The van der Waals surface area contributed by atoms with Crippen molar-refractivity contribution < 1.29 is 5.11 Å². The Balaban J connectivity index is 2.03. The van der Waals surface area contributed by atoms with Crippen molar-refractivity contribution in [3.63, 3.8) is 0 Å². The number of hydrogen-bond acceptors (Lipinski definition) is 2. The summed E-state index contributed by atoms with van der Waals surface area (Å²) in [6, 6.07) is 0.642. The highest BCUT2D eigenvalue weighted by molar-refractivity contribution is 5.78. The maximum atomic E-state index is 8.60. The quantitative estimate of drug-likeness (QED) is 0.376. The molecule has 4 heteroatoms. The van der Waals surface area contributed by atoms with Crippen molar-refractivity contribution >= 4 is 5.96 Å². The van der Waals surface area contributed by atoms with Crippen molar-refractivity contribution in [3.8, 4) is 0 Å². The van der Waals surface area contributed by atoms with Crippen LogP contribution in [0.1, 0.15) is 38.5 Å². The molecule has 0 unspecified atom stereocenters. The lowest BCUT2D eigenvalue weighted by Crippen LogP contribution is -2.35. The average molecular weight is 213 g/mol. The lowest BCUT2D eigenvalue weighted by Gasteiger charge is -2.16. The Morgan fingerprint density at radius 1 is 1.33 bits per heavy atom. The number of nitrogens with zero attached hydrogens (tertiary/aromatic N) is 2. The van der Waals surface area contributed by atoms with Crippen LogP contribution in [0.25, 0.3) is 0 Å². The number of unbranched alkanes of at least 4 members (excludes halogenated alkanes) is 3. The zero-order valence-electron chi connectivity index (χ0n) is 9.65. The molecule has 1 aliphatic carbocycles. The van der Waals surface area contributed by atoms with Crippen molar-refractivity contribution in [1.82, 2.24) is 4.90 Å². The Bertz CT molecular complexity index is 202. The molecular weight excluding hydrogens is 190 g/mol. The summed E-state index contributed by atoms with van der Waals surface area (Å²) in [6.45, 7) is 1.12. The van der Waals surface area contributed by atoms with Crippen LogP contribution in [0.4, 0.5) is 0 Å². The molecule has 0 spiro atoms. The SMILES string of the molecule is CN(C(N)=NCCCCCCO)C1CC1. The van der Waals surface area contributed by atoms with Crippen LogP contribution in [0, 0.1) is 0 Å². The lowest BCUT2D eigenvalue weighted by molar-refractivity contribution is 0.282.